The number of anilines is 1. The minimum absolute atomic E-state index is 0.270. The minimum atomic E-state index is -3.41. The molecule has 0 bridgehead atoms. The highest BCUT2D eigenvalue weighted by molar-refractivity contribution is 7.91. The molecule has 0 fully saturated rings. The van der Waals surface area contributed by atoms with Crippen LogP contribution in [0.25, 0.3) is 0 Å². The van der Waals surface area contributed by atoms with Crippen molar-refractivity contribution < 1.29 is 8.42 Å². The van der Waals surface area contributed by atoms with E-state index in [1.165, 1.54) is 6.07 Å². The average Bonchev–Trinajstić information content (AvgIpc) is 2.75. The van der Waals surface area contributed by atoms with E-state index in [0.717, 1.165) is 17.8 Å². The molecule has 1 unspecified atom stereocenters. The molecule has 104 valence electrons. The number of thiophene rings is 1. The number of rotatable bonds is 7. The number of likely N-dealkylation sites (N-methyl/N-ethyl adjacent to an activating group) is 1. The summed E-state index contributed by atoms with van der Waals surface area (Å²) in [4.78, 5) is 2.13. The first-order valence-corrected chi connectivity index (χ1v) is 8.27. The van der Waals surface area contributed by atoms with Gasteiger partial charge in [-0.25, -0.2) is 13.1 Å². The third-order valence-electron chi connectivity index (χ3n) is 2.96. The van der Waals surface area contributed by atoms with Crippen molar-refractivity contribution in [3.63, 3.8) is 0 Å². The topological polar surface area (TPSA) is 75.4 Å². The molecule has 1 rings (SSSR count). The van der Waals surface area contributed by atoms with Gasteiger partial charge < -0.3 is 10.6 Å². The van der Waals surface area contributed by atoms with Gasteiger partial charge in [-0.05, 0) is 26.5 Å². The Morgan fingerprint density at radius 1 is 1.56 bits per heavy atom. The van der Waals surface area contributed by atoms with Crippen LogP contribution in [0.2, 0.25) is 0 Å². The summed E-state index contributed by atoms with van der Waals surface area (Å²) in [7, 11) is -1.41. The molecular weight excluding hydrogens is 270 g/mol. The van der Waals surface area contributed by atoms with Gasteiger partial charge in [-0.15, -0.1) is 11.3 Å². The number of nitrogens with two attached hydrogens (primary N) is 1. The van der Waals surface area contributed by atoms with Gasteiger partial charge in [0.1, 0.15) is 4.21 Å². The Morgan fingerprint density at radius 2 is 2.22 bits per heavy atom. The van der Waals surface area contributed by atoms with Crippen molar-refractivity contribution >= 4 is 27.0 Å². The summed E-state index contributed by atoms with van der Waals surface area (Å²) in [6.07, 6.45) is 1.05. The highest BCUT2D eigenvalue weighted by Gasteiger charge is 2.16. The molecule has 0 spiro atoms. The lowest BCUT2D eigenvalue weighted by Crippen LogP contribution is -2.36. The maximum atomic E-state index is 11.9. The number of nitrogens with zero attached hydrogens (tertiary/aromatic N) is 1. The second-order valence-electron chi connectivity index (χ2n) is 4.33. The molecule has 0 aliphatic rings. The van der Waals surface area contributed by atoms with Gasteiger partial charge in [-0.2, -0.15) is 0 Å². The van der Waals surface area contributed by atoms with Crippen LogP contribution in [0.15, 0.2) is 15.7 Å². The third-order valence-corrected chi connectivity index (χ3v) is 5.88. The zero-order valence-electron chi connectivity index (χ0n) is 11.0. The molecule has 0 saturated heterocycles. The van der Waals surface area contributed by atoms with Crippen LogP contribution in [0.5, 0.6) is 0 Å². The summed E-state index contributed by atoms with van der Waals surface area (Å²) in [6.45, 7) is 5.32. The summed E-state index contributed by atoms with van der Waals surface area (Å²) < 4.78 is 26.6. The van der Waals surface area contributed by atoms with Gasteiger partial charge >= 0.3 is 0 Å². The molecule has 18 heavy (non-hydrogen) atoms. The fourth-order valence-electron chi connectivity index (χ4n) is 1.43. The molecule has 3 N–H and O–H groups in total. The minimum Gasteiger partial charge on any atom is -0.398 e. The van der Waals surface area contributed by atoms with E-state index < -0.39 is 10.0 Å². The van der Waals surface area contributed by atoms with E-state index in [4.69, 9.17) is 5.73 Å². The van der Waals surface area contributed by atoms with E-state index >= 15 is 0 Å². The van der Waals surface area contributed by atoms with Crippen molar-refractivity contribution in [1.29, 1.82) is 0 Å². The molecule has 0 aromatic carbocycles. The average molecular weight is 291 g/mol. The Bertz CT molecular complexity index is 470. The van der Waals surface area contributed by atoms with E-state index in [9.17, 15) is 8.42 Å². The Balaban J connectivity index is 2.48. The van der Waals surface area contributed by atoms with Crippen LogP contribution >= 0.6 is 11.3 Å². The van der Waals surface area contributed by atoms with E-state index in [1.807, 2.05) is 7.05 Å². The van der Waals surface area contributed by atoms with Gasteiger partial charge in [0.05, 0.1) is 0 Å². The van der Waals surface area contributed by atoms with Crippen LogP contribution in [-0.4, -0.2) is 39.5 Å². The SMILES string of the molecule is CCC(C)N(C)CCNS(=O)(=O)c1cc(N)cs1. The highest BCUT2D eigenvalue weighted by atomic mass is 32.2. The zero-order chi connectivity index (χ0) is 13.8. The summed E-state index contributed by atoms with van der Waals surface area (Å²) >= 11 is 1.14. The maximum Gasteiger partial charge on any atom is 0.250 e. The van der Waals surface area contributed by atoms with Gasteiger partial charge in [0.25, 0.3) is 0 Å². The molecule has 0 aliphatic heterocycles. The van der Waals surface area contributed by atoms with Gasteiger partial charge in [0.15, 0.2) is 0 Å². The zero-order valence-corrected chi connectivity index (χ0v) is 12.6. The standard InChI is InChI=1S/C11H21N3O2S2/c1-4-9(2)14(3)6-5-13-18(15,16)11-7-10(12)8-17-11/h7-9,13H,4-6,12H2,1-3H3. The quantitative estimate of drug-likeness (QED) is 0.795. The number of sulfonamides is 1. The maximum absolute atomic E-state index is 11.9. The number of nitrogens with one attached hydrogen (secondary N) is 1. The largest absolute Gasteiger partial charge is 0.398 e. The summed E-state index contributed by atoms with van der Waals surface area (Å²) in [5.74, 6) is 0. The van der Waals surface area contributed by atoms with Gasteiger partial charge in [0.2, 0.25) is 10.0 Å². The second kappa shape index (κ2) is 6.51. The van der Waals surface area contributed by atoms with Crippen molar-refractivity contribution in [2.45, 2.75) is 30.5 Å². The highest BCUT2D eigenvalue weighted by Crippen LogP contribution is 2.21. The van der Waals surface area contributed by atoms with Crippen LogP contribution in [0, 0.1) is 0 Å². The molecule has 0 radical (unpaired) electrons. The number of hydrogen-bond donors (Lipinski definition) is 2. The van der Waals surface area contributed by atoms with Crippen LogP contribution in [0.3, 0.4) is 0 Å². The van der Waals surface area contributed by atoms with E-state index in [-0.39, 0.29) is 4.21 Å². The molecule has 1 heterocycles. The van der Waals surface area contributed by atoms with Crippen molar-refractivity contribution in [3.05, 3.63) is 11.4 Å². The Labute approximate surface area is 113 Å². The van der Waals surface area contributed by atoms with E-state index in [0.29, 0.717) is 24.8 Å². The molecule has 0 saturated carbocycles. The fourth-order valence-corrected chi connectivity index (χ4v) is 3.58. The molecule has 0 amide bonds. The van der Waals surface area contributed by atoms with Crippen molar-refractivity contribution in [2.24, 2.45) is 0 Å². The van der Waals surface area contributed by atoms with E-state index in [1.54, 1.807) is 5.38 Å². The summed E-state index contributed by atoms with van der Waals surface area (Å²) in [5, 5.41) is 1.62. The predicted molar refractivity (Wildman–Crippen MR) is 76.3 cm³/mol. The van der Waals surface area contributed by atoms with Crippen molar-refractivity contribution in [1.82, 2.24) is 9.62 Å². The molecular formula is C11H21N3O2S2. The second-order valence-corrected chi connectivity index (χ2v) is 7.24. The van der Waals surface area contributed by atoms with Crippen LogP contribution in [0.1, 0.15) is 20.3 Å². The molecule has 5 nitrogen and oxygen atoms in total. The molecule has 1 aromatic rings. The number of nitrogen functional groups attached to an aromatic ring is 1. The lowest BCUT2D eigenvalue weighted by Gasteiger charge is -2.23. The molecule has 7 heteroatoms. The van der Waals surface area contributed by atoms with Gasteiger partial charge in [-0.1, -0.05) is 6.92 Å². The Kier molecular flexibility index (Phi) is 5.58. The Hall–Kier alpha value is -0.630. The lowest BCUT2D eigenvalue weighted by atomic mass is 10.2. The molecule has 1 atom stereocenters. The van der Waals surface area contributed by atoms with Crippen LogP contribution in [-0.2, 0) is 10.0 Å². The predicted octanol–water partition coefficient (Wildman–Crippen LogP) is 1.34. The Morgan fingerprint density at radius 3 is 2.72 bits per heavy atom. The lowest BCUT2D eigenvalue weighted by molar-refractivity contribution is 0.256. The van der Waals surface area contributed by atoms with Gasteiger partial charge in [0, 0.05) is 30.2 Å². The molecule has 1 aromatic heterocycles. The van der Waals surface area contributed by atoms with Crippen LogP contribution in [0.4, 0.5) is 5.69 Å². The first-order valence-electron chi connectivity index (χ1n) is 5.90. The number of hydrogen-bond acceptors (Lipinski definition) is 5. The van der Waals surface area contributed by atoms with Crippen LogP contribution < -0.4 is 10.5 Å². The monoisotopic (exact) mass is 291 g/mol. The first kappa shape index (κ1) is 15.4. The summed E-state index contributed by atoms with van der Waals surface area (Å²) in [6, 6.07) is 1.93. The smallest absolute Gasteiger partial charge is 0.250 e. The van der Waals surface area contributed by atoms with Gasteiger partial charge in [-0.3, -0.25) is 0 Å². The third kappa shape index (κ3) is 4.24. The van der Waals surface area contributed by atoms with Crippen molar-refractivity contribution in [2.75, 3.05) is 25.9 Å². The first-order chi connectivity index (χ1) is 8.36. The van der Waals surface area contributed by atoms with E-state index in [2.05, 4.69) is 23.5 Å². The van der Waals surface area contributed by atoms with Crippen molar-refractivity contribution in [3.8, 4) is 0 Å². The molecule has 0 aliphatic carbocycles. The normalized spacial score (nSPS) is 14.0. The fraction of sp³-hybridized carbons (Fsp3) is 0.636. The summed E-state index contributed by atoms with van der Waals surface area (Å²) in [5.41, 5.74) is 6.00.